The lowest BCUT2D eigenvalue weighted by molar-refractivity contribution is -0.131. The highest BCUT2D eigenvalue weighted by Crippen LogP contribution is 2.17. The van der Waals surface area contributed by atoms with Gasteiger partial charge in [-0.15, -0.1) is 22.7 Å². The van der Waals surface area contributed by atoms with Gasteiger partial charge in [-0.1, -0.05) is 88.4 Å². The molecule has 4 rings (SSSR count). The lowest BCUT2D eigenvalue weighted by Crippen LogP contribution is -2.57. The summed E-state index contributed by atoms with van der Waals surface area (Å²) in [5, 5.41) is 29.2. The molecule has 11 nitrogen and oxygen atoms in total. The standard InChI is InChI=1S/C40H52N6O5S2/c1-24(2)37(45-35(48)20-31-22-52-26(5)41-31)39(50)43-30(17-28-13-9-7-10-14-28)19-34(47)33(18-29-15-11-8-12-16-29)44-40(51)38(25(3)4)46-36(49)21-32-23-53-27(6)42-32/h7-16,22-25,30,33-34,37-38,47H,17-21H2,1-6H3,(H,43,50)(H,44,51)(H,45,48)(H,46,49)/t30-,33-,34-,37-,38-/m0/s1. The van der Waals surface area contributed by atoms with Gasteiger partial charge in [-0.25, -0.2) is 9.97 Å². The molecule has 2 aromatic heterocycles. The number of aromatic nitrogens is 2. The second kappa shape index (κ2) is 20.1. The summed E-state index contributed by atoms with van der Waals surface area (Å²) in [5.74, 6) is -1.85. The molecule has 0 radical (unpaired) electrons. The van der Waals surface area contributed by atoms with Gasteiger partial charge in [0, 0.05) is 16.8 Å². The Labute approximate surface area is 320 Å². The molecule has 0 aliphatic carbocycles. The van der Waals surface area contributed by atoms with Crippen molar-refractivity contribution in [1.29, 1.82) is 0 Å². The second-order valence-corrected chi connectivity index (χ2v) is 16.3. The van der Waals surface area contributed by atoms with Crippen LogP contribution in [0.3, 0.4) is 0 Å². The van der Waals surface area contributed by atoms with Crippen LogP contribution in [-0.2, 0) is 44.9 Å². The highest BCUT2D eigenvalue weighted by atomic mass is 32.1. The van der Waals surface area contributed by atoms with E-state index >= 15 is 0 Å². The summed E-state index contributed by atoms with van der Waals surface area (Å²) in [5.41, 5.74) is 3.15. The molecule has 0 bridgehead atoms. The van der Waals surface area contributed by atoms with Gasteiger partial charge < -0.3 is 26.4 Å². The largest absolute Gasteiger partial charge is 0.391 e. The smallest absolute Gasteiger partial charge is 0.243 e. The van der Waals surface area contributed by atoms with Gasteiger partial charge in [-0.3, -0.25) is 19.2 Å². The first-order chi connectivity index (χ1) is 25.3. The van der Waals surface area contributed by atoms with E-state index in [2.05, 4.69) is 31.2 Å². The van der Waals surface area contributed by atoms with E-state index in [-0.39, 0.29) is 48.8 Å². The molecule has 284 valence electrons. The van der Waals surface area contributed by atoms with Crippen LogP contribution in [0.15, 0.2) is 71.4 Å². The van der Waals surface area contributed by atoms with Crippen LogP contribution in [0.25, 0.3) is 0 Å². The molecule has 0 spiro atoms. The molecule has 0 fully saturated rings. The summed E-state index contributed by atoms with van der Waals surface area (Å²) in [4.78, 5) is 62.5. The Bertz CT molecular complexity index is 1780. The fraction of sp³-hybridized carbons (Fsp3) is 0.450. The van der Waals surface area contributed by atoms with Crippen LogP contribution in [0, 0.1) is 25.7 Å². The Hall–Kier alpha value is -4.46. The number of amides is 4. The van der Waals surface area contributed by atoms with Crippen molar-refractivity contribution in [3.63, 3.8) is 0 Å². The Morgan fingerprint density at radius 1 is 0.642 bits per heavy atom. The van der Waals surface area contributed by atoms with E-state index in [1.54, 1.807) is 0 Å². The van der Waals surface area contributed by atoms with Crippen LogP contribution < -0.4 is 21.3 Å². The molecule has 5 N–H and O–H groups in total. The van der Waals surface area contributed by atoms with Crippen LogP contribution in [0.2, 0.25) is 0 Å². The monoisotopic (exact) mass is 760 g/mol. The van der Waals surface area contributed by atoms with Crippen LogP contribution in [0.5, 0.6) is 0 Å². The number of aliphatic hydroxyl groups excluding tert-OH is 1. The van der Waals surface area contributed by atoms with E-state index in [0.717, 1.165) is 21.1 Å². The van der Waals surface area contributed by atoms with Crippen LogP contribution in [-0.4, -0.2) is 69.0 Å². The van der Waals surface area contributed by atoms with Crippen molar-refractivity contribution in [3.8, 4) is 0 Å². The van der Waals surface area contributed by atoms with Gasteiger partial charge in [0.05, 0.1) is 46.4 Å². The third kappa shape index (κ3) is 13.5. The zero-order valence-corrected chi connectivity index (χ0v) is 32.9. The number of carbonyl (C=O) groups is 4. The van der Waals surface area contributed by atoms with Crippen molar-refractivity contribution in [2.45, 2.75) is 104 Å². The van der Waals surface area contributed by atoms with Crippen molar-refractivity contribution in [3.05, 3.63) is 104 Å². The molecule has 4 amide bonds. The topological polar surface area (TPSA) is 162 Å². The van der Waals surface area contributed by atoms with Gasteiger partial charge in [0.2, 0.25) is 23.6 Å². The summed E-state index contributed by atoms with van der Waals surface area (Å²) in [6, 6.07) is 16.2. The molecule has 4 aromatic rings. The molecule has 0 saturated heterocycles. The molecule has 53 heavy (non-hydrogen) atoms. The molecule has 0 saturated carbocycles. The van der Waals surface area contributed by atoms with Crippen molar-refractivity contribution in [2.24, 2.45) is 11.8 Å². The highest BCUT2D eigenvalue weighted by molar-refractivity contribution is 7.09. The maximum absolute atomic E-state index is 13.9. The van der Waals surface area contributed by atoms with Gasteiger partial charge in [0.25, 0.3) is 0 Å². The molecular formula is C40H52N6O5S2. The van der Waals surface area contributed by atoms with Gasteiger partial charge in [0.1, 0.15) is 12.1 Å². The molecule has 2 aromatic carbocycles. The number of nitrogens with one attached hydrogen (secondary N) is 4. The number of aliphatic hydroxyl groups is 1. The fourth-order valence-electron chi connectivity index (χ4n) is 6.09. The van der Waals surface area contributed by atoms with E-state index < -0.39 is 36.2 Å². The maximum Gasteiger partial charge on any atom is 0.243 e. The number of carbonyl (C=O) groups excluding carboxylic acids is 4. The number of nitrogens with zero attached hydrogens (tertiary/aromatic N) is 2. The van der Waals surface area contributed by atoms with Crippen LogP contribution in [0.4, 0.5) is 0 Å². The summed E-state index contributed by atoms with van der Waals surface area (Å²) >= 11 is 2.92. The minimum atomic E-state index is -1.09. The number of hydrogen-bond acceptors (Lipinski definition) is 9. The molecule has 0 aliphatic heterocycles. The lowest BCUT2D eigenvalue weighted by Gasteiger charge is -2.31. The third-order valence-electron chi connectivity index (χ3n) is 8.84. The van der Waals surface area contributed by atoms with Crippen molar-refractivity contribution >= 4 is 46.3 Å². The lowest BCUT2D eigenvalue weighted by atomic mass is 9.92. The Kier molecular flexibility index (Phi) is 15.7. The number of hydrogen-bond donors (Lipinski definition) is 5. The van der Waals surface area contributed by atoms with E-state index in [0.29, 0.717) is 24.2 Å². The van der Waals surface area contributed by atoms with E-state index in [1.165, 1.54) is 22.7 Å². The first-order valence-electron chi connectivity index (χ1n) is 18.0. The SMILES string of the molecule is Cc1nc(CC(=O)N[C@H](C(=O)N[C@@H](Cc2ccccc2)C[C@H](O)[C@H](Cc2ccccc2)NC(=O)[C@@H](NC(=O)Cc2csc(C)n2)C(C)C)C(C)C)cs1. The van der Waals surface area contributed by atoms with Crippen molar-refractivity contribution in [1.82, 2.24) is 31.2 Å². The maximum atomic E-state index is 13.9. The van der Waals surface area contributed by atoms with Crippen LogP contribution >= 0.6 is 22.7 Å². The number of thiazole rings is 2. The number of aryl methyl sites for hydroxylation is 2. The number of benzene rings is 2. The zero-order valence-electron chi connectivity index (χ0n) is 31.3. The molecule has 0 unspecified atom stereocenters. The molecular weight excluding hydrogens is 709 g/mol. The first kappa shape index (κ1) is 41.3. The summed E-state index contributed by atoms with van der Waals surface area (Å²) < 4.78 is 0. The summed E-state index contributed by atoms with van der Waals surface area (Å²) in [7, 11) is 0. The predicted molar refractivity (Wildman–Crippen MR) is 209 cm³/mol. The first-order valence-corrected chi connectivity index (χ1v) is 19.8. The zero-order chi connectivity index (χ0) is 38.5. The molecule has 13 heteroatoms. The van der Waals surface area contributed by atoms with Gasteiger partial charge in [-0.2, -0.15) is 0 Å². The van der Waals surface area contributed by atoms with E-state index in [1.807, 2.05) is 113 Å². The predicted octanol–water partition coefficient (Wildman–Crippen LogP) is 4.49. The summed E-state index contributed by atoms with van der Waals surface area (Å²) in [6.07, 6.45) is -0.132. The Morgan fingerprint density at radius 3 is 1.49 bits per heavy atom. The highest BCUT2D eigenvalue weighted by Gasteiger charge is 2.32. The summed E-state index contributed by atoms with van der Waals surface area (Å²) in [6.45, 7) is 11.2. The average molecular weight is 761 g/mol. The fourth-order valence-corrected chi connectivity index (χ4v) is 7.31. The molecule has 0 aliphatic rings. The van der Waals surface area contributed by atoms with E-state index in [9.17, 15) is 24.3 Å². The minimum Gasteiger partial charge on any atom is -0.391 e. The quantitative estimate of drug-likeness (QED) is 0.0941. The molecule has 2 heterocycles. The van der Waals surface area contributed by atoms with Gasteiger partial charge in [0.15, 0.2) is 0 Å². The minimum absolute atomic E-state index is 0.0557. The van der Waals surface area contributed by atoms with Crippen molar-refractivity contribution < 1.29 is 24.3 Å². The molecule has 5 atom stereocenters. The van der Waals surface area contributed by atoms with Crippen LogP contribution in [0.1, 0.15) is 66.6 Å². The van der Waals surface area contributed by atoms with Crippen molar-refractivity contribution in [2.75, 3.05) is 0 Å². The second-order valence-electron chi connectivity index (χ2n) is 14.2. The average Bonchev–Trinajstić information content (AvgIpc) is 3.72. The van der Waals surface area contributed by atoms with Gasteiger partial charge in [-0.05, 0) is 56.1 Å². The normalized spacial score (nSPS) is 14.2. The third-order valence-corrected chi connectivity index (χ3v) is 10.5. The Morgan fingerprint density at radius 2 is 1.08 bits per heavy atom. The Balaban J connectivity index is 1.52. The number of rotatable bonds is 19. The van der Waals surface area contributed by atoms with Gasteiger partial charge >= 0.3 is 0 Å². The van der Waals surface area contributed by atoms with E-state index in [4.69, 9.17) is 0 Å².